The maximum Gasteiger partial charge on any atom is 0.425 e. The maximum absolute atomic E-state index is 15.1. The van der Waals surface area contributed by atoms with Gasteiger partial charge < -0.3 is 5.32 Å². The fraction of sp³-hybridized carbons (Fsp3) is 0.182. The predicted molar refractivity (Wildman–Crippen MR) is 112 cm³/mol. The topological polar surface area (TPSA) is 44.7 Å². The minimum absolute atomic E-state index is 0.0472. The van der Waals surface area contributed by atoms with Crippen molar-refractivity contribution >= 4 is 35.0 Å². The Morgan fingerprint density at radius 2 is 1.91 bits per heavy atom. The molecule has 2 amide bonds. The van der Waals surface area contributed by atoms with Gasteiger partial charge in [-0.25, -0.2) is 13.6 Å². The van der Waals surface area contributed by atoms with Crippen LogP contribution < -0.4 is 10.2 Å². The van der Waals surface area contributed by atoms with Crippen molar-refractivity contribution in [3.8, 4) is 11.1 Å². The molecule has 0 spiro atoms. The fourth-order valence-electron chi connectivity index (χ4n) is 3.96. The molecule has 1 saturated heterocycles. The highest BCUT2D eigenvalue weighted by Crippen LogP contribution is 2.40. The SMILES string of the molecule is O=C1NCC(c2ccc(-c3csc(C(F)(F)F)c3)c(F)c2F)N1c1ccc2c(c1)N=CC2. The minimum Gasteiger partial charge on any atom is -0.335 e. The molecular formula is C22H14F5N3OS. The number of fused-ring (bicyclic) bond motifs is 1. The van der Waals surface area contributed by atoms with Gasteiger partial charge in [0.25, 0.3) is 0 Å². The van der Waals surface area contributed by atoms with Gasteiger partial charge in [0.2, 0.25) is 0 Å². The highest BCUT2D eigenvalue weighted by Gasteiger charge is 2.37. The first-order valence-electron chi connectivity index (χ1n) is 9.60. The third kappa shape index (κ3) is 3.35. The van der Waals surface area contributed by atoms with Gasteiger partial charge in [-0.1, -0.05) is 18.2 Å². The Bertz CT molecular complexity index is 1270. The third-order valence-corrected chi connectivity index (χ3v) is 6.50. The first-order valence-corrected chi connectivity index (χ1v) is 10.5. The smallest absolute Gasteiger partial charge is 0.335 e. The number of amides is 2. The number of carbonyl (C=O) groups is 1. The number of rotatable bonds is 3. The fourth-order valence-corrected chi connectivity index (χ4v) is 4.73. The Morgan fingerprint density at radius 3 is 2.66 bits per heavy atom. The molecule has 2 aromatic carbocycles. The number of thiophene rings is 1. The molecule has 1 atom stereocenters. The van der Waals surface area contributed by atoms with E-state index in [-0.39, 0.29) is 23.2 Å². The summed E-state index contributed by atoms with van der Waals surface area (Å²) >= 11 is 0.415. The second-order valence-corrected chi connectivity index (χ2v) is 8.34. The third-order valence-electron chi connectivity index (χ3n) is 5.53. The van der Waals surface area contributed by atoms with Crippen LogP contribution in [0.2, 0.25) is 0 Å². The van der Waals surface area contributed by atoms with Gasteiger partial charge in [-0.05, 0) is 34.7 Å². The minimum atomic E-state index is -4.56. The van der Waals surface area contributed by atoms with Crippen LogP contribution in [0, 0.1) is 11.6 Å². The van der Waals surface area contributed by atoms with Gasteiger partial charge in [-0.2, -0.15) is 13.2 Å². The number of alkyl halides is 3. The molecule has 2 aliphatic rings. The Morgan fingerprint density at radius 1 is 1.09 bits per heavy atom. The van der Waals surface area contributed by atoms with Crippen molar-refractivity contribution in [1.82, 2.24) is 5.32 Å². The number of carbonyl (C=O) groups excluding carboxylic acids is 1. The van der Waals surface area contributed by atoms with Crippen LogP contribution in [0.25, 0.3) is 11.1 Å². The molecule has 0 radical (unpaired) electrons. The van der Waals surface area contributed by atoms with Gasteiger partial charge in [0, 0.05) is 36.0 Å². The lowest BCUT2D eigenvalue weighted by Crippen LogP contribution is -2.30. The Labute approximate surface area is 183 Å². The van der Waals surface area contributed by atoms with Crippen molar-refractivity contribution in [3.63, 3.8) is 0 Å². The van der Waals surface area contributed by atoms with E-state index in [1.165, 1.54) is 17.0 Å². The molecule has 10 heteroatoms. The maximum atomic E-state index is 15.1. The molecular weight excluding hydrogens is 449 g/mol. The molecule has 1 aromatic heterocycles. The van der Waals surface area contributed by atoms with Crippen molar-refractivity contribution in [3.05, 3.63) is 69.4 Å². The van der Waals surface area contributed by atoms with Crippen molar-refractivity contribution in [2.24, 2.45) is 4.99 Å². The summed E-state index contributed by atoms with van der Waals surface area (Å²) < 4.78 is 68.6. The van der Waals surface area contributed by atoms with Crippen LogP contribution in [0.5, 0.6) is 0 Å². The summed E-state index contributed by atoms with van der Waals surface area (Å²) in [5.41, 5.74) is 1.80. The van der Waals surface area contributed by atoms with Crippen LogP contribution in [-0.4, -0.2) is 18.8 Å². The van der Waals surface area contributed by atoms with E-state index in [4.69, 9.17) is 0 Å². The van der Waals surface area contributed by atoms with E-state index in [1.807, 2.05) is 6.07 Å². The van der Waals surface area contributed by atoms with Crippen LogP contribution in [0.15, 0.2) is 46.8 Å². The van der Waals surface area contributed by atoms with E-state index < -0.39 is 34.8 Å². The van der Waals surface area contributed by atoms with Gasteiger partial charge >= 0.3 is 12.2 Å². The van der Waals surface area contributed by atoms with Gasteiger partial charge in [0.1, 0.15) is 4.88 Å². The quantitative estimate of drug-likeness (QED) is 0.459. The number of aliphatic imine (C=N–C) groups is 1. The molecule has 1 fully saturated rings. The van der Waals surface area contributed by atoms with Gasteiger partial charge in [0.15, 0.2) is 11.6 Å². The number of benzene rings is 2. The van der Waals surface area contributed by atoms with E-state index in [9.17, 15) is 22.4 Å². The lowest BCUT2D eigenvalue weighted by molar-refractivity contribution is -0.134. The summed E-state index contributed by atoms with van der Waals surface area (Å²) in [6.07, 6.45) is -2.13. The summed E-state index contributed by atoms with van der Waals surface area (Å²) in [5, 5.41) is 3.77. The first kappa shape index (κ1) is 20.6. The second kappa shape index (κ2) is 7.40. The first-order chi connectivity index (χ1) is 15.2. The molecule has 0 saturated carbocycles. The zero-order valence-electron chi connectivity index (χ0n) is 16.2. The molecule has 32 heavy (non-hydrogen) atoms. The molecule has 5 rings (SSSR count). The zero-order chi connectivity index (χ0) is 22.6. The normalized spacial score (nSPS) is 17.7. The second-order valence-electron chi connectivity index (χ2n) is 7.43. The molecule has 3 heterocycles. The molecule has 164 valence electrons. The number of urea groups is 1. The summed E-state index contributed by atoms with van der Waals surface area (Å²) in [6.45, 7) is 0.0472. The van der Waals surface area contributed by atoms with Gasteiger partial charge in [-0.3, -0.25) is 9.89 Å². The summed E-state index contributed by atoms with van der Waals surface area (Å²) in [6, 6.07) is 7.30. The number of nitrogens with one attached hydrogen (secondary N) is 1. The van der Waals surface area contributed by atoms with E-state index in [0.29, 0.717) is 29.1 Å². The van der Waals surface area contributed by atoms with Crippen molar-refractivity contribution in [2.45, 2.75) is 18.6 Å². The Balaban J connectivity index is 1.52. The van der Waals surface area contributed by atoms with E-state index >= 15 is 4.39 Å². The van der Waals surface area contributed by atoms with Crippen LogP contribution >= 0.6 is 11.3 Å². The van der Waals surface area contributed by atoms with E-state index in [2.05, 4.69) is 10.3 Å². The number of anilines is 1. The lowest BCUT2D eigenvalue weighted by Gasteiger charge is -2.24. The van der Waals surface area contributed by atoms with Crippen LogP contribution in [0.4, 0.5) is 38.1 Å². The molecule has 1 N–H and O–H groups in total. The zero-order valence-corrected chi connectivity index (χ0v) is 17.0. The Hall–Kier alpha value is -3.27. The monoisotopic (exact) mass is 463 g/mol. The summed E-state index contributed by atoms with van der Waals surface area (Å²) in [7, 11) is 0. The van der Waals surface area contributed by atoms with Crippen molar-refractivity contribution < 1.29 is 26.7 Å². The van der Waals surface area contributed by atoms with Crippen LogP contribution in [-0.2, 0) is 12.6 Å². The van der Waals surface area contributed by atoms with Crippen molar-refractivity contribution in [1.29, 1.82) is 0 Å². The number of halogens is 5. The van der Waals surface area contributed by atoms with Crippen LogP contribution in [0.1, 0.15) is 22.0 Å². The molecule has 4 nitrogen and oxygen atoms in total. The number of hydrogen-bond acceptors (Lipinski definition) is 3. The number of hydrogen-bond donors (Lipinski definition) is 1. The lowest BCUT2D eigenvalue weighted by atomic mass is 9.99. The Kier molecular flexibility index (Phi) is 4.77. The highest BCUT2D eigenvalue weighted by molar-refractivity contribution is 7.10. The molecule has 0 bridgehead atoms. The largest absolute Gasteiger partial charge is 0.425 e. The standard InChI is InChI=1S/C22H14F5N3OS/c23-19-14(12-7-18(32-10-12)22(25,26)27)3-4-15(20(19)24)17-9-29-21(31)30(17)13-2-1-11-5-6-28-16(11)8-13/h1-4,6-8,10,17H,5,9H2,(H,29,31). The summed E-state index contributed by atoms with van der Waals surface area (Å²) in [4.78, 5) is 17.2. The van der Waals surface area contributed by atoms with Crippen molar-refractivity contribution in [2.75, 3.05) is 11.4 Å². The van der Waals surface area contributed by atoms with Gasteiger partial charge in [-0.15, -0.1) is 11.3 Å². The average Bonchev–Trinajstić information content (AvgIpc) is 3.48. The number of nitrogens with zero attached hydrogens (tertiary/aromatic N) is 2. The highest BCUT2D eigenvalue weighted by atomic mass is 32.1. The summed E-state index contributed by atoms with van der Waals surface area (Å²) in [5.74, 6) is -2.46. The molecule has 2 aliphatic heterocycles. The average molecular weight is 463 g/mol. The van der Waals surface area contributed by atoms with E-state index in [1.54, 1.807) is 18.3 Å². The van der Waals surface area contributed by atoms with Crippen LogP contribution in [0.3, 0.4) is 0 Å². The molecule has 3 aromatic rings. The van der Waals surface area contributed by atoms with Gasteiger partial charge in [0.05, 0.1) is 11.7 Å². The molecule has 0 aliphatic carbocycles. The predicted octanol–water partition coefficient (Wildman–Crippen LogP) is 6.24. The van der Waals surface area contributed by atoms with E-state index in [0.717, 1.165) is 17.0 Å². The molecule has 1 unspecified atom stereocenters.